The normalized spacial score (nSPS) is 15.5. The number of nitrogens with zero attached hydrogens (tertiary/aromatic N) is 2. The summed E-state index contributed by atoms with van der Waals surface area (Å²) in [5.74, 6) is 0.812. The van der Waals surface area contributed by atoms with Crippen LogP contribution in [0.1, 0.15) is 12.8 Å². The first-order valence-corrected chi connectivity index (χ1v) is 8.07. The average molecular weight is 322 g/mol. The van der Waals surface area contributed by atoms with Crippen LogP contribution >= 0.6 is 0 Å². The van der Waals surface area contributed by atoms with Crippen LogP contribution in [0.5, 0.6) is 0 Å². The van der Waals surface area contributed by atoms with Crippen molar-refractivity contribution in [2.45, 2.75) is 18.9 Å². The third kappa shape index (κ3) is 3.00. The van der Waals surface area contributed by atoms with Crippen molar-refractivity contribution in [1.82, 2.24) is 15.0 Å². The Hall–Kier alpha value is -2.73. The molecule has 0 aliphatic carbocycles. The van der Waals surface area contributed by atoms with Gasteiger partial charge >= 0.3 is 0 Å². The van der Waals surface area contributed by atoms with Gasteiger partial charge in [-0.25, -0.2) is 4.98 Å². The number of nitrogens with one attached hydrogen (secondary N) is 2. The lowest BCUT2D eigenvalue weighted by Gasteiger charge is -2.23. The predicted octanol–water partition coefficient (Wildman–Crippen LogP) is 2.58. The van der Waals surface area contributed by atoms with Crippen LogP contribution in [-0.2, 0) is 4.74 Å². The van der Waals surface area contributed by atoms with Crippen molar-refractivity contribution < 1.29 is 4.74 Å². The van der Waals surface area contributed by atoms with Crippen molar-refractivity contribution in [2.75, 3.05) is 18.5 Å². The van der Waals surface area contributed by atoms with E-state index in [0.717, 1.165) is 48.5 Å². The van der Waals surface area contributed by atoms with Crippen LogP contribution in [0.25, 0.3) is 22.0 Å². The lowest BCUT2D eigenvalue weighted by atomic mass is 10.1. The summed E-state index contributed by atoms with van der Waals surface area (Å²) in [5.41, 5.74) is 1.57. The first-order valence-electron chi connectivity index (χ1n) is 8.07. The molecule has 0 radical (unpaired) electrons. The minimum absolute atomic E-state index is 0.111. The molecular formula is C18H18N4O2. The molecule has 0 bridgehead atoms. The molecule has 0 spiro atoms. The number of aromatic nitrogens is 3. The summed E-state index contributed by atoms with van der Waals surface area (Å²) in [6, 6.07) is 7.90. The maximum Gasteiger partial charge on any atom is 0.256 e. The zero-order valence-corrected chi connectivity index (χ0v) is 13.2. The van der Waals surface area contributed by atoms with Gasteiger partial charge in [-0.2, -0.15) is 0 Å². The number of fused-ring (bicyclic) bond motifs is 1. The van der Waals surface area contributed by atoms with E-state index in [1.807, 2.05) is 18.2 Å². The van der Waals surface area contributed by atoms with E-state index in [2.05, 4.69) is 20.3 Å². The van der Waals surface area contributed by atoms with Crippen molar-refractivity contribution in [3.05, 3.63) is 53.2 Å². The lowest BCUT2D eigenvalue weighted by molar-refractivity contribution is 0.0904. The van der Waals surface area contributed by atoms with Crippen LogP contribution in [0.3, 0.4) is 0 Å². The minimum Gasteiger partial charge on any atom is -0.381 e. The molecule has 1 saturated heterocycles. The Morgan fingerprint density at radius 3 is 2.92 bits per heavy atom. The number of pyridine rings is 3. The van der Waals surface area contributed by atoms with Crippen LogP contribution in [0.2, 0.25) is 0 Å². The van der Waals surface area contributed by atoms with Gasteiger partial charge in [-0.1, -0.05) is 0 Å². The number of rotatable bonds is 3. The molecule has 0 unspecified atom stereocenters. The van der Waals surface area contributed by atoms with E-state index >= 15 is 0 Å². The largest absolute Gasteiger partial charge is 0.381 e. The van der Waals surface area contributed by atoms with Crippen LogP contribution in [0.15, 0.2) is 47.7 Å². The highest BCUT2D eigenvalue weighted by Gasteiger charge is 2.14. The molecule has 0 atom stereocenters. The van der Waals surface area contributed by atoms with E-state index < -0.39 is 0 Å². The molecule has 6 heteroatoms. The van der Waals surface area contributed by atoms with E-state index in [4.69, 9.17) is 4.74 Å². The number of aromatic amines is 1. The maximum atomic E-state index is 12.2. The number of hydrogen-bond donors (Lipinski definition) is 2. The fourth-order valence-corrected chi connectivity index (χ4v) is 2.99. The van der Waals surface area contributed by atoms with Crippen LogP contribution < -0.4 is 10.9 Å². The molecule has 3 aromatic rings. The van der Waals surface area contributed by atoms with Crippen LogP contribution in [0.4, 0.5) is 5.82 Å². The minimum atomic E-state index is -0.111. The third-order valence-electron chi connectivity index (χ3n) is 4.29. The van der Waals surface area contributed by atoms with Crippen molar-refractivity contribution in [3.8, 4) is 11.3 Å². The van der Waals surface area contributed by atoms with Crippen LogP contribution in [0, 0.1) is 0 Å². The molecule has 1 aliphatic rings. The van der Waals surface area contributed by atoms with Gasteiger partial charge in [0.05, 0.1) is 5.39 Å². The van der Waals surface area contributed by atoms with Crippen molar-refractivity contribution in [1.29, 1.82) is 0 Å². The van der Waals surface area contributed by atoms with E-state index in [1.165, 1.54) is 0 Å². The maximum absolute atomic E-state index is 12.2. The molecule has 2 N–H and O–H groups in total. The van der Waals surface area contributed by atoms with Gasteiger partial charge in [-0.05, 0) is 37.1 Å². The Morgan fingerprint density at radius 2 is 2.04 bits per heavy atom. The molecule has 1 aliphatic heterocycles. The molecule has 0 saturated carbocycles. The molecule has 122 valence electrons. The number of ether oxygens (including phenoxy) is 1. The zero-order valence-electron chi connectivity index (χ0n) is 13.2. The van der Waals surface area contributed by atoms with E-state index in [1.54, 1.807) is 24.7 Å². The Morgan fingerprint density at radius 1 is 1.17 bits per heavy atom. The second-order valence-corrected chi connectivity index (χ2v) is 5.94. The molecule has 0 amide bonds. The fourth-order valence-electron chi connectivity index (χ4n) is 2.99. The Balaban J connectivity index is 1.66. The van der Waals surface area contributed by atoms with Crippen molar-refractivity contribution in [3.63, 3.8) is 0 Å². The van der Waals surface area contributed by atoms with Gasteiger partial charge in [-0.3, -0.25) is 9.78 Å². The number of H-pyrrole nitrogens is 1. The molecule has 4 rings (SSSR count). The van der Waals surface area contributed by atoms with Gasteiger partial charge < -0.3 is 15.0 Å². The van der Waals surface area contributed by atoms with Crippen LogP contribution in [-0.4, -0.2) is 34.2 Å². The van der Waals surface area contributed by atoms with Gasteiger partial charge in [0.15, 0.2) is 0 Å². The summed E-state index contributed by atoms with van der Waals surface area (Å²) in [6.07, 6.45) is 7.04. The lowest BCUT2D eigenvalue weighted by Crippen LogP contribution is -2.28. The highest BCUT2D eigenvalue weighted by atomic mass is 16.5. The average Bonchev–Trinajstić information content (AvgIpc) is 2.63. The number of hydrogen-bond acceptors (Lipinski definition) is 5. The molecule has 24 heavy (non-hydrogen) atoms. The van der Waals surface area contributed by atoms with E-state index in [9.17, 15) is 4.79 Å². The highest BCUT2D eigenvalue weighted by Crippen LogP contribution is 2.22. The first kappa shape index (κ1) is 14.8. The smallest absolute Gasteiger partial charge is 0.256 e. The Bertz CT molecular complexity index is 916. The summed E-state index contributed by atoms with van der Waals surface area (Å²) in [5, 5.41) is 4.92. The summed E-state index contributed by atoms with van der Waals surface area (Å²) in [6.45, 7) is 1.56. The van der Waals surface area contributed by atoms with Gasteiger partial charge in [0.1, 0.15) is 5.82 Å². The molecule has 4 heterocycles. The molecular weight excluding hydrogens is 304 g/mol. The topological polar surface area (TPSA) is 79.9 Å². The zero-order chi connectivity index (χ0) is 16.4. The molecule has 1 fully saturated rings. The second kappa shape index (κ2) is 6.41. The van der Waals surface area contributed by atoms with Gasteiger partial charge in [-0.15, -0.1) is 0 Å². The standard InChI is InChI=1S/C18H18N4O2/c23-18-15-2-5-19-11-13(15)9-16(22-18)12-1-6-20-17(10-12)21-14-3-7-24-8-4-14/h1-2,5-6,9-11,14H,3-4,7-8H2,(H,20,21)(H,22,23). The van der Waals surface area contributed by atoms with Gasteiger partial charge in [0, 0.05) is 54.5 Å². The first-order chi connectivity index (χ1) is 11.8. The monoisotopic (exact) mass is 322 g/mol. The molecule has 0 aromatic carbocycles. The van der Waals surface area contributed by atoms with Crippen molar-refractivity contribution >= 4 is 16.6 Å². The van der Waals surface area contributed by atoms with E-state index in [0.29, 0.717) is 11.4 Å². The summed E-state index contributed by atoms with van der Waals surface area (Å²) in [7, 11) is 0. The van der Waals surface area contributed by atoms with Crippen molar-refractivity contribution in [2.24, 2.45) is 0 Å². The Kier molecular flexibility index (Phi) is 3.96. The van der Waals surface area contributed by atoms with Gasteiger partial charge in [0.25, 0.3) is 5.56 Å². The highest BCUT2D eigenvalue weighted by molar-refractivity contribution is 5.84. The molecule has 6 nitrogen and oxygen atoms in total. The molecule has 3 aromatic heterocycles. The Labute approximate surface area is 138 Å². The van der Waals surface area contributed by atoms with E-state index in [-0.39, 0.29) is 5.56 Å². The summed E-state index contributed by atoms with van der Waals surface area (Å²) in [4.78, 5) is 23.7. The SMILES string of the molecule is O=c1[nH]c(-c2ccnc(NC3CCOCC3)c2)cc2cnccc12. The summed E-state index contributed by atoms with van der Waals surface area (Å²) < 4.78 is 5.38. The predicted molar refractivity (Wildman–Crippen MR) is 93.1 cm³/mol. The third-order valence-corrected chi connectivity index (χ3v) is 4.29. The fraction of sp³-hybridized carbons (Fsp3) is 0.278. The quantitative estimate of drug-likeness (QED) is 0.775. The number of anilines is 1. The van der Waals surface area contributed by atoms with Gasteiger partial charge in [0.2, 0.25) is 0 Å². The summed E-state index contributed by atoms with van der Waals surface area (Å²) >= 11 is 0. The second-order valence-electron chi connectivity index (χ2n) is 5.94.